The highest BCUT2D eigenvalue weighted by Gasteiger charge is 2.10. The van der Waals surface area contributed by atoms with Crippen molar-refractivity contribution in [1.29, 1.82) is 0 Å². The molecule has 0 N–H and O–H groups in total. The first-order valence-electron chi connectivity index (χ1n) is 16.7. The van der Waals surface area contributed by atoms with E-state index < -0.39 is 17.9 Å². The maximum absolute atomic E-state index is 12.6. The van der Waals surface area contributed by atoms with Crippen LogP contribution in [0.15, 0.2) is 127 Å². The van der Waals surface area contributed by atoms with Gasteiger partial charge >= 0.3 is 17.9 Å². The quantitative estimate of drug-likeness (QED) is 0.0160. The van der Waals surface area contributed by atoms with Gasteiger partial charge in [0, 0.05) is 12.2 Å². The second kappa shape index (κ2) is 21.6. The van der Waals surface area contributed by atoms with E-state index >= 15 is 0 Å². The van der Waals surface area contributed by atoms with E-state index in [4.69, 9.17) is 33.5 Å². The number of hydrogen-bond acceptors (Lipinski definition) is 12. The maximum atomic E-state index is 12.6. The van der Waals surface area contributed by atoms with E-state index in [1.54, 1.807) is 103 Å². The van der Waals surface area contributed by atoms with Gasteiger partial charge in [-0.2, -0.15) is 15.1 Å². The third-order valence-electron chi connectivity index (χ3n) is 7.25. The summed E-state index contributed by atoms with van der Waals surface area (Å²) < 4.78 is 26.7. The molecular weight excluding hydrogens is 680 g/mol. The molecule has 12 nitrogen and oxygen atoms in total. The standard InChI is InChI=1S/C41H40N2O10/c1-4-39(44)49-25-9-7-6-8-24-48-34-21-15-33(16-22-34)41(46)52-36-17-10-30(11-18-36)27-42-43-28-32-14-23-37(38(26-32)47-3)53-50-29-31-12-19-35(20-13-31)51-40(45)5-2/h4-5,10-23,26-28H,1-2,6-9,24-25,29H2,3H3. The van der Waals surface area contributed by atoms with E-state index in [-0.39, 0.29) is 6.61 Å². The molecule has 0 radical (unpaired) electrons. The topological polar surface area (TPSA) is 141 Å². The van der Waals surface area contributed by atoms with Crippen molar-refractivity contribution in [1.82, 2.24) is 0 Å². The Hall–Kier alpha value is -6.53. The third-order valence-corrected chi connectivity index (χ3v) is 7.25. The van der Waals surface area contributed by atoms with E-state index in [0.717, 1.165) is 54.5 Å². The number of carbonyl (C=O) groups is 3. The molecule has 0 aromatic heterocycles. The van der Waals surface area contributed by atoms with Gasteiger partial charge in [-0.25, -0.2) is 14.4 Å². The Balaban J connectivity index is 1.16. The van der Waals surface area contributed by atoms with Crippen LogP contribution in [-0.4, -0.2) is 50.7 Å². The second-order valence-corrected chi connectivity index (χ2v) is 11.1. The Morgan fingerprint density at radius 2 is 1.25 bits per heavy atom. The molecule has 0 heterocycles. The zero-order valence-electron chi connectivity index (χ0n) is 29.3. The molecule has 0 aliphatic carbocycles. The lowest BCUT2D eigenvalue weighted by Gasteiger charge is -2.10. The minimum Gasteiger partial charge on any atom is -0.494 e. The predicted molar refractivity (Wildman–Crippen MR) is 199 cm³/mol. The van der Waals surface area contributed by atoms with Crippen LogP contribution >= 0.6 is 0 Å². The molecule has 4 aromatic carbocycles. The van der Waals surface area contributed by atoms with Gasteiger partial charge in [0.15, 0.2) is 5.75 Å². The summed E-state index contributed by atoms with van der Waals surface area (Å²) in [5.74, 6) is 0.828. The van der Waals surface area contributed by atoms with E-state index in [1.807, 2.05) is 0 Å². The van der Waals surface area contributed by atoms with E-state index in [9.17, 15) is 14.4 Å². The van der Waals surface area contributed by atoms with Crippen LogP contribution in [0.4, 0.5) is 0 Å². The summed E-state index contributed by atoms with van der Waals surface area (Å²) in [5, 5.41) is 8.20. The lowest BCUT2D eigenvalue weighted by molar-refractivity contribution is -0.218. The van der Waals surface area contributed by atoms with Crippen molar-refractivity contribution in [3.8, 4) is 28.7 Å². The second-order valence-electron chi connectivity index (χ2n) is 11.1. The molecule has 274 valence electrons. The van der Waals surface area contributed by atoms with Crippen molar-refractivity contribution in [2.45, 2.75) is 32.3 Å². The monoisotopic (exact) mass is 720 g/mol. The van der Waals surface area contributed by atoms with Gasteiger partial charge in [-0.15, -0.1) is 0 Å². The molecule has 4 aromatic rings. The van der Waals surface area contributed by atoms with E-state index in [0.29, 0.717) is 47.5 Å². The van der Waals surface area contributed by atoms with Crippen LogP contribution < -0.4 is 23.8 Å². The minimum absolute atomic E-state index is 0.146. The van der Waals surface area contributed by atoms with Crippen molar-refractivity contribution in [2.75, 3.05) is 20.3 Å². The zero-order valence-corrected chi connectivity index (χ0v) is 29.3. The molecule has 12 heteroatoms. The molecule has 0 saturated carbocycles. The van der Waals surface area contributed by atoms with Crippen LogP contribution in [0.3, 0.4) is 0 Å². The number of carbonyl (C=O) groups excluding carboxylic acids is 3. The number of hydrogen-bond donors (Lipinski definition) is 0. The Morgan fingerprint density at radius 3 is 1.92 bits per heavy atom. The van der Waals surface area contributed by atoms with E-state index in [1.165, 1.54) is 7.11 Å². The normalized spacial score (nSPS) is 10.8. The Morgan fingerprint density at radius 1 is 0.642 bits per heavy atom. The average Bonchev–Trinajstić information content (AvgIpc) is 3.19. The molecule has 4 rings (SSSR count). The van der Waals surface area contributed by atoms with Crippen LogP contribution in [0, 0.1) is 0 Å². The highest BCUT2D eigenvalue weighted by atomic mass is 17.2. The largest absolute Gasteiger partial charge is 0.494 e. The van der Waals surface area contributed by atoms with Gasteiger partial charge in [-0.05, 0) is 121 Å². The number of esters is 3. The highest BCUT2D eigenvalue weighted by Crippen LogP contribution is 2.28. The summed E-state index contributed by atoms with van der Waals surface area (Å²) in [5.41, 5.74) is 2.67. The Labute approximate surface area is 307 Å². The van der Waals surface area contributed by atoms with Gasteiger partial charge < -0.3 is 28.6 Å². The molecule has 0 spiro atoms. The van der Waals surface area contributed by atoms with Gasteiger partial charge in [0.1, 0.15) is 23.9 Å². The number of methoxy groups -OCH3 is 1. The highest BCUT2D eigenvalue weighted by molar-refractivity contribution is 5.91. The first-order chi connectivity index (χ1) is 25.9. The molecule has 0 bridgehead atoms. The fraction of sp³-hybridized carbons (Fsp3) is 0.195. The first kappa shape index (κ1) is 39.3. The van der Waals surface area contributed by atoms with Gasteiger partial charge in [-0.3, -0.25) is 0 Å². The van der Waals surface area contributed by atoms with Crippen LogP contribution in [0.1, 0.15) is 52.7 Å². The maximum Gasteiger partial charge on any atom is 0.343 e. The van der Waals surface area contributed by atoms with Crippen molar-refractivity contribution in [3.63, 3.8) is 0 Å². The Kier molecular flexibility index (Phi) is 16.0. The summed E-state index contributed by atoms with van der Waals surface area (Å²) in [4.78, 5) is 45.8. The molecule has 0 atom stereocenters. The fourth-order valence-corrected chi connectivity index (χ4v) is 4.46. The first-order valence-corrected chi connectivity index (χ1v) is 16.7. The molecule has 0 unspecified atom stereocenters. The summed E-state index contributed by atoms with van der Waals surface area (Å²) in [6.07, 6.45) is 8.92. The summed E-state index contributed by atoms with van der Waals surface area (Å²) in [6.45, 7) is 7.82. The molecule has 0 aliphatic heterocycles. The molecule has 0 saturated heterocycles. The number of rotatable bonds is 21. The molecule has 0 fully saturated rings. The van der Waals surface area contributed by atoms with Gasteiger partial charge in [-0.1, -0.05) is 25.3 Å². The van der Waals surface area contributed by atoms with Crippen LogP contribution in [0.25, 0.3) is 0 Å². The smallest absolute Gasteiger partial charge is 0.343 e. The van der Waals surface area contributed by atoms with Crippen molar-refractivity contribution in [3.05, 3.63) is 139 Å². The summed E-state index contributed by atoms with van der Waals surface area (Å²) in [7, 11) is 1.51. The Bertz CT molecular complexity index is 1870. The van der Waals surface area contributed by atoms with Crippen molar-refractivity contribution >= 4 is 30.3 Å². The lowest BCUT2D eigenvalue weighted by atomic mass is 10.2. The number of unbranched alkanes of at least 4 members (excludes halogenated alkanes) is 3. The zero-order chi connectivity index (χ0) is 37.7. The van der Waals surface area contributed by atoms with Crippen LogP contribution in [-0.2, 0) is 25.8 Å². The molecule has 0 amide bonds. The van der Waals surface area contributed by atoms with Gasteiger partial charge in [0.25, 0.3) is 0 Å². The minimum atomic E-state index is -0.535. The number of ether oxygens (including phenoxy) is 5. The average molecular weight is 721 g/mol. The fourth-order valence-electron chi connectivity index (χ4n) is 4.46. The van der Waals surface area contributed by atoms with E-state index in [2.05, 4.69) is 23.4 Å². The SMILES string of the molecule is C=CC(=O)OCCCCCCOc1ccc(C(=O)Oc2ccc(C=NN=Cc3ccc(OOCc4ccc(OC(=O)C=C)cc4)c(OC)c3)cc2)cc1. The third kappa shape index (κ3) is 14.0. The van der Waals surface area contributed by atoms with Gasteiger partial charge in [0.2, 0.25) is 5.75 Å². The van der Waals surface area contributed by atoms with Crippen molar-refractivity contribution < 1.29 is 47.8 Å². The lowest BCUT2D eigenvalue weighted by Crippen LogP contribution is -2.08. The number of nitrogens with zero attached hydrogens (tertiary/aromatic N) is 2. The molecular formula is C41H40N2O10. The van der Waals surface area contributed by atoms with Crippen LogP contribution in [0.2, 0.25) is 0 Å². The van der Waals surface area contributed by atoms with Crippen LogP contribution in [0.5, 0.6) is 28.7 Å². The number of benzene rings is 4. The predicted octanol–water partition coefficient (Wildman–Crippen LogP) is 7.64. The molecule has 0 aliphatic rings. The summed E-state index contributed by atoms with van der Waals surface area (Å²) in [6, 6.07) is 25.6. The van der Waals surface area contributed by atoms with Crippen molar-refractivity contribution in [2.24, 2.45) is 10.2 Å². The van der Waals surface area contributed by atoms with Gasteiger partial charge in [0.05, 0.1) is 38.3 Å². The molecule has 53 heavy (non-hydrogen) atoms. The summed E-state index contributed by atoms with van der Waals surface area (Å²) >= 11 is 0.